The molecule has 0 spiro atoms. The predicted molar refractivity (Wildman–Crippen MR) is 126 cm³/mol. The number of aromatic nitrogens is 1. The first-order chi connectivity index (χ1) is 16.1. The smallest absolute Gasteiger partial charge is 0.262 e. The third-order valence-electron chi connectivity index (χ3n) is 5.41. The summed E-state index contributed by atoms with van der Waals surface area (Å²) in [5, 5.41) is 5.61. The highest BCUT2D eigenvalue weighted by molar-refractivity contribution is 6.22. The molecular formula is C26H24N4O4. The number of benzene rings is 2. The molecule has 2 N–H and O–H groups in total. The van der Waals surface area contributed by atoms with Gasteiger partial charge in [0.2, 0.25) is 0 Å². The van der Waals surface area contributed by atoms with Crippen molar-refractivity contribution in [2.75, 3.05) is 5.32 Å². The molecule has 3 aromatic rings. The zero-order chi connectivity index (χ0) is 24.5. The molecule has 4 rings (SSSR count). The van der Waals surface area contributed by atoms with Crippen LogP contribution in [0.4, 0.5) is 5.69 Å². The van der Waals surface area contributed by atoms with Gasteiger partial charge in [-0.1, -0.05) is 12.1 Å². The van der Waals surface area contributed by atoms with Crippen LogP contribution in [-0.4, -0.2) is 39.1 Å². The van der Waals surface area contributed by atoms with Crippen LogP contribution in [0.2, 0.25) is 0 Å². The molecule has 8 nitrogen and oxygen atoms in total. The van der Waals surface area contributed by atoms with Crippen LogP contribution in [0, 0.1) is 0 Å². The summed E-state index contributed by atoms with van der Waals surface area (Å²) in [5.41, 5.74) is 2.05. The second-order valence-corrected chi connectivity index (χ2v) is 8.95. The molecule has 0 fully saturated rings. The molecule has 0 atom stereocenters. The average molecular weight is 457 g/mol. The fourth-order valence-corrected chi connectivity index (χ4v) is 3.68. The van der Waals surface area contributed by atoms with Gasteiger partial charge in [-0.05, 0) is 68.8 Å². The van der Waals surface area contributed by atoms with Crippen molar-refractivity contribution in [3.05, 3.63) is 94.8 Å². The molecule has 2 aromatic carbocycles. The highest BCUT2D eigenvalue weighted by Crippen LogP contribution is 2.30. The molecule has 2 heterocycles. The quantitative estimate of drug-likeness (QED) is 0.570. The Labute approximate surface area is 197 Å². The molecule has 0 aliphatic carbocycles. The van der Waals surface area contributed by atoms with Crippen LogP contribution < -0.4 is 10.6 Å². The fraction of sp³-hybridized carbons (Fsp3) is 0.192. The van der Waals surface area contributed by atoms with Gasteiger partial charge in [0, 0.05) is 35.7 Å². The summed E-state index contributed by atoms with van der Waals surface area (Å²) in [7, 11) is 0. The van der Waals surface area contributed by atoms with Gasteiger partial charge in [0.25, 0.3) is 23.6 Å². The van der Waals surface area contributed by atoms with E-state index in [4.69, 9.17) is 0 Å². The van der Waals surface area contributed by atoms with E-state index >= 15 is 0 Å². The van der Waals surface area contributed by atoms with E-state index in [1.807, 2.05) is 0 Å². The van der Waals surface area contributed by atoms with Crippen molar-refractivity contribution in [3.63, 3.8) is 0 Å². The lowest BCUT2D eigenvalue weighted by Gasteiger charge is -2.29. The number of anilines is 1. The molecule has 0 bridgehead atoms. The molecule has 0 saturated carbocycles. The lowest BCUT2D eigenvalue weighted by atomic mass is 10.1. The first-order valence-electron chi connectivity index (χ1n) is 10.8. The summed E-state index contributed by atoms with van der Waals surface area (Å²) >= 11 is 0. The first kappa shape index (κ1) is 22.8. The van der Waals surface area contributed by atoms with E-state index in [9.17, 15) is 19.2 Å². The number of pyridine rings is 1. The van der Waals surface area contributed by atoms with E-state index in [1.165, 1.54) is 29.3 Å². The lowest BCUT2D eigenvalue weighted by Crippen LogP contribution is -2.45. The van der Waals surface area contributed by atoms with E-state index < -0.39 is 17.4 Å². The van der Waals surface area contributed by atoms with Crippen LogP contribution in [0.25, 0.3) is 0 Å². The molecule has 0 unspecified atom stereocenters. The molecule has 1 aliphatic rings. The summed E-state index contributed by atoms with van der Waals surface area (Å²) in [4.78, 5) is 55.4. The average Bonchev–Trinajstić information content (AvgIpc) is 3.08. The number of carbonyl (C=O) groups is 4. The van der Waals surface area contributed by atoms with Crippen molar-refractivity contribution in [1.29, 1.82) is 0 Å². The molecule has 8 heteroatoms. The third-order valence-corrected chi connectivity index (χ3v) is 5.41. The molecule has 1 aromatic heterocycles. The zero-order valence-electron chi connectivity index (χ0n) is 19.1. The Bertz CT molecular complexity index is 1280. The molecule has 0 radical (unpaired) electrons. The van der Waals surface area contributed by atoms with E-state index in [2.05, 4.69) is 15.6 Å². The van der Waals surface area contributed by atoms with Crippen molar-refractivity contribution < 1.29 is 19.2 Å². The van der Waals surface area contributed by atoms with Gasteiger partial charge in [-0.2, -0.15) is 0 Å². The van der Waals surface area contributed by atoms with Crippen molar-refractivity contribution in [2.45, 2.75) is 32.9 Å². The summed E-state index contributed by atoms with van der Waals surface area (Å²) in [6, 6.07) is 14.9. The number of carbonyl (C=O) groups excluding carboxylic acids is 4. The monoisotopic (exact) mass is 456 g/mol. The standard InChI is InChI=1S/C26H24N4O4/c1-26(2,3)30-24(33)20-11-8-17(13-21(20)25(30)34)23(32)29-19-9-6-16(7-10-19)14-28-22(31)18-5-4-12-27-15-18/h4-13,15H,14H2,1-3H3,(H,28,31)(H,29,32). The van der Waals surface area contributed by atoms with E-state index in [0.29, 0.717) is 23.4 Å². The van der Waals surface area contributed by atoms with Gasteiger partial charge < -0.3 is 10.6 Å². The maximum absolute atomic E-state index is 12.8. The highest BCUT2D eigenvalue weighted by Gasteiger charge is 2.42. The number of imide groups is 1. The Hall–Kier alpha value is -4.33. The van der Waals surface area contributed by atoms with Gasteiger partial charge >= 0.3 is 0 Å². The molecular weight excluding hydrogens is 432 g/mol. The van der Waals surface area contributed by atoms with Crippen molar-refractivity contribution in [3.8, 4) is 0 Å². The number of rotatable bonds is 5. The fourth-order valence-electron chi connectivity index (χ4n) is 3.68. The van der Waals surface area contributed by atoms with Gasteiger partial charge in [0.05, 0.1) is 16.7 Å². The summed E-state index contributed by atoms with van der Waals surface area (Å²) in [5.74, 6) is -1.37. The summed E-state index contributed by atoms with van der Waals surface area (Å²) in [6.07, 6.45) is 3.10. The van der Waals surface area contributed by atoms with Crippen molar-refractivity contribution in [1.82, 2.24) is 15.2 Å². The molecule has 1 aliphatic heterocycles. The van der Waals surface area contributed by atoms with E-state index in [0.717, 1.165) is 5.56 Å². The van der Waals surface area contributed by atoms with E-state index in [-0.39, 0.29) is 22.9 Å². The first-order valence-corrected chi connectivity index (χ1v) is 10.8. The predicted octanol–water partition coefficient (Wildman–Crippen LogP) is 3.66. The van der Waals surface area contributed by atoms with Gasteiger partial charge in [-0.15, -0.1) is 0 Å². The Kier molecular flexibility index (Phi) is 5.98. The molecule has 34 heavy (non-hydrogen) atoms. The van der Waals surface area contributed by atoms with Crippen LogP contribution in [0.3, 0.4) is 0 Å². The van der Waals surface area contributed by atoms with Gasteiger partial charge in [-0.3, -0.25) is 29.1 Å². The van der Waals surface area contributed by atoms with Gasteiger partial charge in [0.15, 0.2) is 0 Å². The number of amides is 4. The Morgan fingerprint density at radius 2 is 1.59 bits per heavy atom. The third kappa shape index (κ3) is 4.56. The zero-order valence-corrected chi connectivity index (χ0v) is 19.1. The van der Waals surface area contributed by atoms with Crippen LogP contribution in [0.1, 0.15) is 67.8 Å². The summed E-state index contributed by atoms with van der Waals surface area (Å²) in [6.45, 7) is 5.69. The van der Waals surface area contributed by atoms with Crippen molar-refractivity contribution >= 4 is 29.3 Å². The second-order valence-electron chi connectivity index (χ2n) is 8.95. The maximum atomic E-state index is 12.8. The molecule has 172 valence electrons. The van der Waals surface area contributed by atoms with Gasteiger partial charge in [0.1, 0.15) is 0 Å². The van der Waals surface area contributed by atoms with Crippen molar-refractivity contribution in [2.24, 2.45) is 0 Å². The molecule has 4 amide bonds. The highest BCUT2D eigenvalue weighted by atomic mass is 16.2. The number of hydrogen-bond donors (Lipinski definition) is 2. The largest absolute Gasteiger partial charge is 0.348 e. The van der Waals surface area contributed by atoms with Crippen LogP contribution in [-0.2, 0) is 6.54 Å². The topological polar surface area (TPSA) is 108 Å². The Morgan fingerprint density at radius 1 is 0.882 bits per heavy atom. The Balaban J connectivity index is 1.40. The summed E-state index contributed by atoms with van der Waals surface area (Å²) < 4.78 is 0. The maximum Gasteiger partial charge on any atom is 0.262 e. The minimum atomic E-state index is -0.658. The number of nitrogens with zero attached hydrogens (tertiary/aromatic N) is 2. The number of nitrogens with one attached hydrogen (secondary N) is 2. The normalized spacial score (nSPS) is 13.0. The SMILES string of the molecule is CC(C)(C)N1C(=O)c2ccc(C(=O)Nc3ccc(CNC(=O)c4cccnc4)cc3)cc2C1=O. The van der Waals surface area contributed by atoms with Crippen LogP contribution >= 0.6 is 0 Å². The van der Waals surface area contributed by atoms with Crippen LogP contribution in [0.15, 0.2) is 67.0 Å². The number of fused-ring (bicyclic) bond motifs is 1. The minimum absolute atomic E-state index is 0.222. The number of hydrogen-bond acceptors (Lipinski definition) is 5. The molecule has 0 saturated heterocycles. The van der Waals surface area contributed by atoms with Gasteiger partial charge in [-0.25, -0.2) is 0 Å². The van der Waals surface area contributed by atoms with E-state index in [1.54, 1.807) is 63.4 Å². The van der Waals surface area contributed by atoms with Crippen LogP contribution in [0.5, 0.6) is 0 Å². The Morgan fingerprint density at radius 3 is 2.24 bits per heavy atom. The second kappa shape index (κ2) is 8.90. The minimum Gasteiger partial charge on any atom is -0.348 e. The lowest BCUT2D eigenvalue weighted by molar-refractivity contribution is 0.0507.